The van der Waals surface area contributed by atoms with Gasteiger partial charge in [-0.25, -0.2) is 18.6 Å². The number of halogens is 4. The molecule has 2 unspecified atom stereocenters. The Kier molecular flexibility index (Phi) is 5.42. The summed E-state index contributed by atoms with van der Waals surface area (Å²) in [5.74, 6) is -2.48. The number of alkyl halides is 2. The summed E-state index contributed by atoms with van der Waals surface area (Å²) in [4.78, 5) is 31.0. The molecule has 1 fully saturated rings. The molecule has 164 valence electrons. The molecule has 11 heteroatoms. The fourth-order valence-corrected chi connectivity index (χ4v) is 4.27. The van der Waals surface area contributed by atoms with Gasteiger partial charge < -0.3 is 20.9 Å². The Morgan fingerprint density at radius 2 is 2.13 bits per heavy atom. The molecule has 2 aliphatic heterocycles. The average molecular weight is 437 g/mol. The van der Waals surface area contributed by atoms with Crippen LogP contribution >= 0.6 is 0 Å². The predicted molar refractivity (Wildman–Crippen MR) is 104 cm³/mol. The molecule has 1 aliphatic carbocycles. The fourth-order valence-electron chi connectivity index (χ4n) is 4.27. The molecule has 2 atom stereocenters. The van der Waals surface area contributed by atoms with Crippen LogP contribution in [-0.4, -0.2) is 53.6 Å². The van der Waals surface area contributed by atoms with Crippen molar-refractivity contribution in [3.05, 3.63) is 52.8 Å². The predicted octanol–water partition coefficient (Wildman–Crippen LogP) is 2.61. The van der Waals surface area contributed by atoms with Gasteiger partial charge in [-0.2, -0.15) is 8.78 Å². The van der Waals surface area contributed by atoms with Crippen molar-refractivity contribution in [2.24, 2.45) is 16.6 Å². The van der Waals surface area contributed by atoms with Crippen LogP contribution in [0.2, 0.25) is 0 Å². The topological polar surface area (TPSA) is 91.0 Å². The van der Waals surface area contributed by atoms with Crippen LogP contribution in [0.3, 0.4) is 0 Å². The number of amides is 3. The van der Waals surface area contributed by atoms with E-state index in [1.165, 1.54) is 6.07 Å². The van der Waals surface area contributed by atoms with Crippen molar-refractivity contribution in [1.82, 2.24) is 9.80 Å². The maximum Gasteiger partial charge on any atom is 0.331 e. The summed E-state index contributed by atoms with van der Waals surface area (Å²) in [6, 6.07) is 1.21. The van der Waals surface area contributed by atoms with E-state index in [1.807, 2.05) is 6.08 Å². The SMILES string of the molecule is N/C=C(\C=N\C(F)F)C1=CC2CC1N(C(=O)CN1Cc3c(ccc(F)c3F)NC1=O)C2. The minimum atomic E-state index is -2.88. The van der Waals surface area contributed by atoms with Crippen LogP contribution in [0.5, 0.6) is 0 Å². The van der Waals surface area contributed by atoms with Gasteiger partial charge in [0.05, 0.1) is 18.3 Å². The van der Waals surface area contributed by atoms with Crippen LogP contribution in [0.15, 0.2) is 40.5 Å². The van der Waals surface area contributed by atoms with Gasteiger partial charge in [0.1, 0.15) is 6.54 Å². The number of hydrogen-bond donors (Lipinski definition) is 2. The molecule has 2 heterocycles. The quantitative estimate of drug-likeness (QED) is 0.422. The Balaban J connectivity index is 1.48. The molecule has 1 aromatic carbocycles. The summed E-state index contributed by atoms with van der Waals surface area (Å²) in [5.41, 5.74) is 6.61. The lowest BCUT2D eigenvalue weighted by molar-refractivity contribution is -0.132. The molecule has 31 heavy (non-hydrogen) atoms. The van der Waals surface area contributed by atoms with Crippen LogP contribution < -0.4 is 11.1 Å². The molecule has 0 saturated carbocycles. The minimum Gasteiger partial charge on any atom is -0.404 e. The van der Waals surface area contributed by atoms with E-state index in [0.717, 1.165) is 23.4 Å². The highest BCUT2D eigenvalue weighted by atomic mass is 19.3. The second-order valence-corrected chi connectivity index (χ2v) is 7.53. The van der Waals surface area contributed by atoms with Crippen LogP contribution in [-0.2, 0) is 11.3 Å². The number of nitrogens with one attached hydrogen (secondary N) is 1. The van der Waals surface area contributed by atoms with Crippen LogP contribution in [0.1, 0.15) is 12.0 Å². The first-order chi connectivity index (χ1) is 14.8. The number of urea groups is 1. The van der Waals surface area contributed by atoms with Crippen molar-refractivity contribution < 1.29 is 27.2 Å². The Labute approximate surface area is 174 Å². The van der Waals surface area contributed by atoms with E-state index in [1.54, 1.807) is 4.90 Å². The first kappa shape index (κ1) is 20.9. The van der Waals surface area contributed by atoms with Gasteiger partial charge in [0.15, 0.2) is 11.6 Å². The van der Waals surface area contributed by atoms with Gasteiger partial charge in [-0.15, -0.1) is 0 Å². The molecule has 3 aliphatic rings. The number of benzene rings is 1. The third-order valence-electron chi connectivity index (χ3n) is 5.67. The molecule has 0 radical (unpaired) electrons. The number of hydrogen-bond acceptors (Lipinski definition) is 4. The molecule has 3 amide bonds. The second kappa shape index (κ2) is 8.05. The molecule has 0 aromatic heterocycles. The van der Waals surface area contributed by atoms with Gasteiger partial charge >= 0.3 is 12.6 Å². The molecule has 1 saturated heterocycles. The summed E-state index contributed by atoms with van der Waals surface area (Å²) in [6.45, 7) is -3.07. The standard InChI is InChI=1S/C20H19F4N5O2/c21-14-1-2-15-13(18(14)22)8-28(20(31)27-15)9-17(30)29-7-10-3-12(16(29)4-10)11(5-25)6-26-19(23)24/h1-3,5-6,10,16,19H,4,7-9,25H2,(H,27,31)/b11-5+,26-6+. The Morgan fingerprint density at radius 3 is 2.81 bits per heavy atom. The molecule has 1 aromatic rings. The highest BCUT2D eigenvalue weighted by Crippen LogP contribution is 2.39. The van der Waals surface area contributed by atoms with E-state index in [9.17, 15) is 27.2 Å². The second-order valence-electron chi connectivity index (χ2n) is 7.53. The maximum absolute atomic E-state index is 14.1. The highest BCUT2D eigenvalue weighted by molar-refractivity contribution is 5.95. The number of fused-ring (bicyclic) bond motifs is 3. The maximum atomic E-state index is 14.1. The smallest absolute Gasteiger partial charge is 0.331 e. The van der Waals surface area contributed by atoms with Crippen molar-refractivity contribution in [2.75, 3.05) is 18.4 Å². The first-order valence-electron chi connectivity index (χ1n) is 9.56. The number of likely N-dealkylation sites (tertiary alicyclic amines) is 1. The summed E-state index contributed by atoms with van der Waals surface area (Å²) >= 11 is 0. The molecule has 0 spiro atoms. The number of carbonyl (C=O) groups excluding carboxylic acids is 2. The number of nitrogens with zero attached hydrogens (tertiary/aromatic N) is 3. The van der Waals surface area contributed by atoms with Crippen molar-refractivity contribution >= 4 is 23.8 Å². The zero-order chi connectivity index (χ0) is 22.3. The first-order valence-corrected chi connectivity index (χ1v) is 9.56. The lowest BCUT2D eigenvalue weighted by Gasteiger charge is -2.33. The largest absolute Gasteiger partial charge is 0.404 e. The minimum absolute atomic E-state index is 0.0290. The average Bonchev–Trinajstić information content (AvgIpc) is 3.33. The van der Waals surface area contributed by atoms with Crippen molar-refractivity contribution in [3.8, 4) is 0 Å². The van der Waals surface area contributed by atoms with Crippen molar-refractivity contribution in [2.45, 2.75) is 25.6 Å². The molecular weight excluding hydrogens is 418 g/mol. The monoisotopic (exact) mass is 437 g/mol. The summed E-state index contributed by atoms with van der Waals surface area (Å²) < 4.78 is 52.5. The van der Waals surface area contributed by atoms with E-state index in [2.05, 4.69) is 10.3 Å². The summed E-state index contributed by atoms with van der Waals surface area (Å²) in [5, 5.41) is 2.46. The van der Waals surface area contributed by atoms with E-state index < -0.39 is 30.1 Å². The third kappa shape index (κ3) is 3.87. The summed E-state index contributed by atoms with van der Waals surface area (Å²) in [6.07, 6.45) is 4.63. The van der Waals surface area contributed by atoms with Gasteiger partial charge in [-0.3, -0.25) is 4.79 Å². The van der Waals surface area contributed by atoms with Crippen molar-refractivity contribution in [1.29, 1.82) is 0 Å². The van der Waals surface area contributed by atoms with Gasteiger partial charge in [0, 0.05) is 30.1 Å². The number of carbonyl (C=O) groups is 2. The van der Waals surface area contributed by atoms with Crippen LogP contribution in [0.4, 0.5) is 28.0 Å². The zero-order valence-corrected chi connectivity index (χ0v) is 16.2. The molecule has 7 nitrogen and oxygen atoms in total. The molecule has 3 N–H and O–H groups in total. The Hall–Kier alpha value is -3.37. The number of anilines is 1. The molecule has 2 bridgehead atoms. The van der Waals surface area contributed by atoms with Crippen molar-refractivity contribution in [3.63, 3.8) is 0 Å². The zero-order valence-electron chi connectivity index (χ0n) is 16.2. The molecule has 4 rings (SSSR count). The van der Waals surface area contributed by atoms with Crippen LogP contribution in [0.25, 0.3) is 0 Å². The normalized spacial score (nSPS) is 22.9. The van der Waals surface area contributed by atoms with E-state index >= 15 is 0 Å². The van der Waals surface area contributed by atoms with Gasteiger partial charge in [0.25, 0.3) is 0 Å². The Morgan fingerprint density at radius 1 is 1.35 bits per heavy atom. The molecular formula is C20H19F4N5O2. The summed E-state index contributed by atoms with van der Waals surface area (Å²) in [7, 11) is 0. The Bertz CT molecular complexity index is 1020. The van der Waals surface area contributed by atoms with Gasteiger partial charge in [-0.05, 0) is 30.0 Å². The number of aliphatic imine (C=N–C) groups is 1. The van der Waals surface area contributed by atoms with E-state index in [0.29, 0.717) is 24.1 Å². The van der Waals surface area contributed by atoms with Gasteiger partial charge in [0.2, 0.25) is 5.91 Å². The fraction of sp³-hybridized carbons (Fsp3) is 0.350. The third-order valence-corrected chi connectivity index (χ3v) is 5.67. The lowest BCUT2D eigenvalue weighted by atomic mass is 10.0. The lowest BCUT2D eigenvalue weighted by Crippen LogP contribution is -2.48. The van der Waals surface area contributed by atoms with E-state index in [-0.39, 0.29) is 36.3 Å². The van der Waals surface area contributed by atoms with E-state index in [4.69, 9.17) is 5.73 Å². The highest BCUT2D eigenvalue weighted by Gasteiger charge is 2.43. The number of rotatable bonds is 5. The number of nitrogens with two attached hydrogens (primary N) is 1. The van der Waals surface area contributed by atoms with Gasteiger partial charge in [-0.1, -0.05) is 6.08 Å². The van der Waals surface area contributed by atoms with Crippen LogP contribution in [0, 0.1) is 17.6 Å².